The molecule has 6 heteroatoms. The van der Waals surface area contributed by atoms with Crippen LogP contribution in [0.25, 0.3) is 10.9 Å². The largest absolute Gasteiger partial charge is 0.462 e. The van der Waals surface area contributed by atoms with Crippen LogP contribution in [0.15, 0.2) is 42.6 Å². The average molecular weight is 365 g/mol. The third-order valence-electron chi connectivity index (χ3n) is 4.31. The maximum atomic E-state index is 12.5. The number of hydrogen-bond donors (Lipinski definition) is 1. The first-order valence-electron chi connectivity index (χ1n) is 9.08. The Morgan fingerprint density at radius 3 is 2.67 bits per heavy atom. The summed E-state index contributed by atoms with van der Waals surface area (Å²) in [6.45, 7) is 6.83. The molecule has 6 nitrogen and oxygen atoms in total. The van der Waals surface area contributed by atoms with E-state index in [0.717, 1.165) is 23.9 Å². The summed E-state index contributed by atoms with van der Waals surface area (Å²) < 4.78 is 7.18. The molecule has 0 fully saturated rings. The van der Waals surface area contributed by atoms with Gasteiger partial charge in [-0.15, -0.1) is 0 Å². The molecular formula is C21H23N3O3. The Kier molecular flexibility index (Phi) is 5.54. The molecular weight excluding hydrogens is 342 g/mol. The Labute approximate surface area is 158 Å². The SMILES string of the molecule is CCCn1ccc2cc(NC(=O)c3ccc(C(=O)OCC)c(C)n3)ccc21. The Hall–Kier alpha value is -3.15. The monoisotopic (exact) mass is 365 g/mol. The summed E-state index contributed by atoms with van der Waals surface area (Å²) >= 11 is 0. The number of benzene rings is 1. The Balaban J connectivity index is 1.78. The Morgan fingerprint density at radius 2 is 1.96 bits per heavy atom. The fraction of sp³-hybridized carbons (Fsp3) is 0.286. The van der Waals surface area contributed by atoms with E-state index >= 15 is 0 Å². The van der Waals surface area contributed by atoms with Crippen molar-refractivity contribution in [3.8, 4) is 0 Å². The highest BCUT2D eigenvalue weighted by atomic mass is 16.5. The molecule has 2 aromatic heterocycles. The normalized spacial score (nSPS) is 10.8. The molecule has 1 N–H and O–H groups in total. The van der Waals surface area contributed by atoms with Crippen molar-refractivity contribution in [2.45, 2.75) is 33.7 Å². The zero-order valence-corrected chi connectivity index (χ0v) is 15.8. The second kappa shape index (κ2) is 8.03. The lowest BCUT2D eigenvalue weighted by Crippen LogP contribution is -2.16. The van der Waals surface area contributed by atoms with E-state index in [0.29, 0.717) is 23.6 Å². The lowest BCUT2D eigenvalue weighted by Gasteiger charge is -2.09. The van der Waals surface area contributed by atoms with Gasteiger partial charge in [-0.25, -0.2) is 9.78 Å². The van der Waals surface area contributed by atoms with E-state index < -0.39 is 5.97 Å². The molecule has 3 aromatic rings. The van der Waals surface area contributed by atoms with Crippen LogP contribution in [-0.2, 0) is 11.3 Å². The minimum Gasteiger partial charge on any atom is -0.462 e. The van der Waals surface area contributed by atoms with Gasteiger partial charge in [0.2, 0.25) is 0 Å². The maximum Gasteiger partial charge on any atom is 0.339 e. The maximum absolute atomic E-state index is 12.5. The molecule has 0 atom stereocenters. The van der Waals surface area contributed by atoms with Gasteiger partial charge >= 0.3 is 5.97 Å². The number of anilines is 1. The number of hydrogen-bond acceptors (Lipinski definition) is 4. The summed E-state index contributed by atoms with van der Waals surface area (Å²) in [6, 6.07) is 11.0. The van der Waals surface area contributed by atoms with E-state index in [9.17, 15) is 9.59 Å². The fourth-order valence-corrected chi connectivity index (χ4v) is 3.02. The van der Waals surface area contributed by atoms with Crippen molar-refractivity contribution in [1.29, 1.82) is 0 Å². The summed E-state index contributed by atoms with van der Waals surface area (Å²) in [7, 11) is 0. The molecule has 0 saturated carbocycles. The first kappa shape index (κ1) is 18.6. The highest BCUT2D eigenvalue weighted by Crippen LogP contribution is 2.21. The average Bonchev–Trinajstić information content (AvgIpc) is 3.04. The number of fused-ring (bicyclic) bond motifs is 1. The van der Waals surface area contributed by atoms with Crippen molar-refractivity contribution >= 4 is 28.5 Å². The van der Waals surface area contributed by atoms with Crippen molar-refractivity contribution < 1.29 is 14.3 Å². The van der Waals surface area contributed by atoms with Crippen LogP contribution in [-0.4, -0.2) is 28.0 Å². The van der Waals surface area contributed by atoms with Crippen molar-refractivity contribution in [2.24, 2.45) is 0 Å². The van der Waals surface area contributed by atoms with E-state index in [1.807, 2.05) is 24.3 Å². The van der Waals surface area contributed by atoms with Crippen LogP contribution in [0.3, 0.4) is 0 Å². The fourth-order valence-electron chi connectivity index (χ4n) is 3.02. The van der Waals surface area contributed by atoms with Gasteiger partial charge in [-0.05, 0) is 56.7 Å². The molecule has 0 unspecified atom stereocenters. The number of carbonyl (C=O) groups excluding carboxylic acids is 2. The molecule has 140 valence electrons. The lowest BCUT2D eigenvalue weighted by atomic mass is 10.1. The highest BCUT2D eigenvalue weighted by Gasteiger charge is 2.15. The predicted octanol–water partition coefficient (Wildman–Crippen LogP) is 4.18. The van der Waals surface area contributed by atoms with E-state index in [1.54, 1.807) is 19.9 Å². The van der Waals surface area contributed by atoms with Crippen molar-refractivity contribution in [1.82, 2.24) is 9.55 Å². The van der Waals surface area contributed by atoms with Crippen LogP contribution < -0.4 is 5.32 Å². The lowest BCUT2D eigenvalue weighted by molar-refractivity contribution is 0.0524. The molecule has 27 heavy (non-hydrogen) atoms. The van der Waals surface area contributed by atoms with Gasteiger partial charge in [0.05, 0.1) is 17.9 Å². The van der Waals surface area contributed by atoms with Gasteiger partial charge in [0.1, 0.15) is 5.69 Å². The molecule has 0 aliphatic rings. The first-order chi connectivity index (χ1) is 13.0. The quantitative estimate of drug-likeness (QED) is 0.665. The van der Waals surface area contributed by atoms with E-state index in [2.05, 4.69) is 28.0 Å². The number of aromatic nitrogens is 2. The van der Waals surface area contributed by atoms with Gasteiger partial charge in [-0.1, -0.05) is 6.92 Å². The molecule has 0 aliphatic heterocycles. The highest BCUT2D eigenvalue weighted by molar-refractivity contribution is 6.04. The molecule has 0 saturated heterocycles. The van der Waals surface area contributed by atoms with E-state index in [4.69, 9.17) is 4.74 Å². The van der Waals surface area contributed by atoms with Gasteiger partial charge in [0.25, 0.3) is 5.91 Å². The number of nitrogens with zero attached hydrogens (tertiary/aromatic N) is 2. The molecule has 1 amide bonds. The number of amides is 1. The van der Waals surface area contributed by atoms with E-state index in [-0.39, 0.29) is 11.6 Å². The molecule has 2 heterocycles. The van der Waals surface area contributed by atoms with Crippen molar-refractivity contribution in [2.75, 3.05) is 11.9 Å². The number of aryl methyl sites for hydroxylation is 2. The molecule has 0 bridgehead atoms. The summed E-state index contributed by atoms with van der Waals surface area (Å²) in [5.74, 6) is -0.752. The van der Waals surface area contributed by atoms with Crippen LogP contribution in [0.1, 0.15) is 46.8 Å². The molecule has 0 aliphatic carbocycles. The second-order valence-electron chi connectivity index (χ2n) is 6.29. The third kappa shape index (κ3) is 4.00. The van der Waals surface area contributed by atoms with Crippen LogP contribution >= 0.6 is 0 Å². The van der Waals surface area contributed by atoms with Crippen LogP contribution in [0.4, 0.5) is 5.69 Å². The summed E-state index contributed by atoms with van der Waals surface area (Å²) in [5, 5.41) is 3.94. The van der Waals surface area contributed by atoms with Crippen LogP contribution in [0.2, 0.25) is 0 Å². The molecule has 1 aromatic carbocycles. The van der Waals surface area contributed by atoms with Crippen LogP contribution in [0.5, 0.6) is 0 Å². The molecule has 0 radical (unpaired) electrons. The Bertz CT molecular complexity index is 992. The number of nitrogens with one attached hydrogen (secondary N) is 1. The zero-order chi connectivity index (χ0) is 19.4. The number of pyridine rings is 1. The first-order valence-corrected chi connectivity index (χ1v) is 9.08. The summed E-state index contributed by atoms with van der Waals surface area (Å²) in [6.07, 6.45) is 3.12. The predicted molar refractivity (Wildman–Crippen MR) is 105 cm³/mol. The number of rotatable bonds is 6. The van der Waals surface area contributed by atoms with Gasteiger partial charge in [0, 0.05) is 29.3 Å². The second-order valence-corrected chi connectivity index (χ2v) is 6.29. The number of esters is 1. The minimum atomic E-state index is -0.434. The third-order valence-corrected chi connectivity index (χ3v) is 4.31. The molecule has 3 rings (SSSR count). The smallest absolute Gasteiger partial charge is 0.339 e. The molecule has 0 spiro atoms. The topological polar surface area (TPSA) is 73.2 Å². The minimum absolute atomic E-state index is 0.254. The summed E-state index contributed by atoms with van der Waals surface area (Å²) in [5.41, 5.74) is 2.93. The zero-order valence-electron chi connectivity index (χ0n) is 15.8. The number of ether oxygens (including phenoxy) is 1. The van der Waals surface area contributed by atoms with Crippen molar-refractivity contribution in [3.05, 3.63) is 59.5 Å². The standard InChI is InChI=1S/C21H23N3O3/c1-4-11-24-12-10-15-13-16(6-9-19(15)24)23-20(25)18-8-7-17(14(3)22-18)21(26)27-5-2/h6-10,12-13H,4-5,11H2,1-3H3,(H,23,25). The van der Waals surface area contributed by atoms with Gasteiger partial charge in [0.15, 0.2) is 0 Å². The van der Waals surface area contributed by atoms with Gasteiger partial charge < -0.3 is 14.6 Å². The number of carbonyl (C=O) groups is 2. The van der Waals surface area contributed by atoms with Crippen molar-refractivity contribution in [3.63, 3.8) is 0 Å². The summed E-state index contributed by atoms with van der Waals surface area (Å²) in [4.78, 5) is 28.6. The Morgan fingerprint density at radius 1 is 1.15 bits per heavy atom. The van der Waals surface area contributed by atoms with Gasteiger partial charge in [-0.2, -0.15) is 0 Å². The van der Waals surface area contributed by atoms with Crippen LogP contribution in [0, 0.1) is 6.92 Å². The van der Waals surface area contributed by atoms with Gasteiger partial charge in [-0.3, -0.25) is 4.79 Å². The van der Waals surface area contributed by atoms with E-state index in [1.165, 1.54) is 6.07 Å².